The molecule has 12 heavy (non-hydrogen) atoms. The van der Waals surface area contributed by atoms with Gasteiger partial charge in [-0.3, -0.25) is 0 Å². The zero-order valence-corrected chi connectivity index (χ0v) is 8.23. The second kappa shape index (κ2) is 3.92. The molecule has 0 amide bonds. The summed E-state index contributed by atoms with van der Waals surface area (Å²) in [6.07, 6.45) is 0.959. The largest absolute Gasteiger partial charge is 0.324 e. The van der Waals surface area contributed by atoms with Gasteiger partial charge in [-0.25, -0.2) is 0 Å². The number of nitrogens with two attached hydrogens (primary N) is 1. The van der Waals surface area contributed by atoms with Gasteiger partial charge < -0.3 is 5.73 Å². The minimum absolute atomic E-state index is 0.140. The molecule has 0 aliphatic heterocycles. The van der Waals surface area contributed by atoms with Crippen molar-refractivity contribution in [2.45, 2.75) is 26.3 Å². The van der Waals surface area contributed by atoms with Gasteiger partial charge in [0.25, 0.3) is 0 Å². The first-order valence-electron chi connectivity index (χ1n) is 4.16. The molecule has 0 aromatic heterocycles. The lowest BCUT2D eigenvalue weighted by molar-refractivity contribution is 0.698. The highest BCUT2D eigenvalue weighted by Crippen LogP contribution is 2.20. The molecule has 0 aliphatic carbocycles. The Hall–Kier alpha value is -0.530. The molecule has 1 atom stereocenters. The number of hydrogen-bond donors (Lipinski definition) is 1. The van der Waals surface area contributed by atoms with E-state index in [1.807, 2.05) is 19.1 Å². The van der Waals surface area contributed by atoms with Crippen molar-refractivity contribution in [3.63, 3.8) is 0 Å². The zero-order valence-electron chi connectivity index (χ0n) is 7.47. The third kappa shape index (κ3) is 1.99. The molecule has 2 heteroatoms. The minimum atomic E-state index is 0.140. The van der Waals surface area contributed by atoms with E-state index in [4.69, 9.17) is 17.3 Å². The second-order valence-corrected chi connectivity index (χ2v) is 3.43. The lowest BCUT2D eigenvalue weighted by Crippen LogP contribution is -2.08. The highest BCUT2D eigenvalue weighted by molar-refractivity contribution is 6.31. The predicted octanol–water partition coefficient (Wildman–Crippen LogP) is 3.06. The summed E-state index contributed by atoms with van der Waals surface area (Å²) in [6.45, 7) is 4.07. The fourth-order valence-electron chi connectivity index (χ4n) is 1.13. The van der Waals surface area contributed by atoms with Crippen molar-refractivity contribution in [2.75, 3.05) is 0 Å². The van der Waals surface area contributed by atoms with E-state index >= 15 is 0 Å². The molecule has 0 saturated carbocycles. The van der Waals surface area contributed by atoms with Gasteiger partial charge in [-0.15, -0.1) is 0 Å². The zero-order chi connectivity index (χ0) is 9.14. The van der Waals surface area contributed by atoms with Crippen LogP contribution in [0.2, 0.25) is 5.02 Å². The Bertz CT molecular complexity index is 271. The predicted molar refractivity (Wildman–Crippen MR) is 53.4 cm³/mol. The molecule has 0 fully saturated rings. The van der Waals surface area contributed by atoms with Crippen molar-refractivity contribution in [1.82, 2.24) is 0 Å². The first-order valence-corrected chi connectivity index (χ1v) is 4.54. The molecule has 0 saturated heterocycles. The summed E-state index contributed by atoms with van der Waals surface area (Å²) in [5.41, 5.74) is 8.13. The van der Waals surface area contributed by atoms with E-state index in [0.29, 0.717) is 0 Å². The van der Waals surface area contributed by atoms with Crippen LogP contribution in [0.5, 0.6) is 0 Å². The van der Waals surface area contributed by atoms with Crippen LogP contribution in [0.3, 0.4) is 0 Å². The topological polar surface area (TPSA) is 26.0 Å². The molecule has 1 rings (SSSR count). The average molecular weight is 184 g/mol. The van der Waals surface area contributed by atoms with Crippen molar-refractivity contribution < 1.29 is 0 Å². The van der Waals surface area contributed by atoms with E-state index in [0.717, 1.165) is 17.0 Å². The van der Waals surface area contributed by atoms with Crippen LogP contribution in [0.15, 0.2) is 18.2 Å². The van der Waals surface area contributed by atoms with Gasteiger partial charge >= 0.3 is 0 Å². The van der Waals surface area contributed by atoms with Crippen LogP contribution in [0.4, 0.5) is 0 Å². The van der Waals surface area contributed by atoms with E-state index < -0.39 is 0 Å². The second-order valence-electron chi connectivity index (χ2n) is 3.02. The molecule has 0 unspecified atom stereocenters. The minimum Gasteiger partial charge on any atom is -0.324 e. The SMILES string of the molecule is CC[C@@H](N)c1ccc(Cl)c(C)c1. The maximum absolute atomic E-state index is 5.89. The molecule has 1 nitrogen and oxygen atoms in total. The van der Waals surface area contributed by atoms with Crippen molar-refractivity contribution in [1.29, 1.82) is 0 Å². The van der Waals surface area contributed by atoms with Crippen LogP contribution in [-0.2, 0) is 0 Å². The van der Waals surface area contributed by atoms with Crippen molar-refractivity contribution >= 4 is 11.6 Å². The number of benzene rings is 1. The maximum atomic E-state index is 5.89. The lowest BCUT2D eigenvalue weighted by Gasteiger charge is -2.10. The van der Waals surface area contributed by atoms with Gasteiger partial charge in [0.2, 0.25) is 0 Å². The first-order chi connectivity index (χ1) is 5.65. The number of aryl methyl sites for hydroxylation is 1. The Morgan fingerprint density at radius 3 is 2.67 bits per heavy atom. The molecule has 0 bridgehead atoms. The van der Waals surface area contributed by atoms with Crippen molar-refractivity contribution in [2.24, 2.45) is 5.73 Å². The standard InChI is InChI=1S/C10H14ClN/c1-3-10(12)8-4-5-9(11)7(2)6-8/h4-6,10H,3,12H2,1-2H3/t10-/m1/s1. The van der Waals surface area contributed by atoms with Crippen molar-refractivity contribution in [3.8, 4) is 0 Å². The van der Waals surface area contributed by atoms with Gasteiger partial charge in [0.1, 0.15) is 0 Å². The molecule has 0 radical (unpaired) electrons. The van der Waals surface area contributed by atoms with Crippen LogP contribution >= 0.6 is 11.6 Å². The van der Waals surface area contributed by atoms with Gasteiger partial charge in [0.05, 0.1) is 0 Å². The van der Waals surface area contributed by atoms with E-state index in [2.05, 4.69) is 13.0 Å². The Labute approximate surface area is 78.5 Å². The maximum Gasteiger partial charge on any atom is 0.0435 e. The lowest BCUT2D eigenvalue weighted by atomic mass is 10.0. The van der Waals surface area contributed by atoms with Crippen LogP contribution in [0, 0.1) is 6.92 Å². The van der Waals surface area contributed by atoms with Crippen LogP contribution in [0.1, 0.15) is 30.5 Å². The molecule has 1 aromatic carbocycles. The van der Waals surface area contributed by atoms with Gasteiger partial charge in [0, 0.05) is 11.1 Å². The van der Waals surface area contributed by atoms with E-state index in [1.54, 1.807) is 0 Å². The highest BCUT2D eigenvalue weighted by atomic mass is 35.5. The van der Waals surface area contributed by atoms with Crippen LogP contribution in [0.25, 0.3) is 0 Å². The summed E-state index contributed by atoms with van der Waals surface area (Å²) in [4.78, 5) is 0. The summed E-state index contributed by atoms with van der Waals surface area (Å²) in [7, 11) is 0. The molecule has 1 aromatic rings. The summed E-state index contributed by atoms with van der Waals surface area (Å²) in [5, 5.41) is 0.807. The van der Waals surface area contributed by atoms with Gasteiger partial charge in [-0.2, -0.15) is 0 Å². The van der Waals surface area contributed by atoms with Crippen LogP contribution in [-0.4, -0.2) is 0 Å². The van der Waals surface area contributed by atoms with E-state index in [9.17, 15) is 0 Å². The number of rotatable bonds is 2. The Balaban J connectivity index is 2.96. The molecule has 2 N–H and O–H groups in total. The highest BCUT2D eigenvalue weighted by Gasteiger charge is 2.03. The fraction of sp³-hybridized carbons (Fsp3) is 0.400. The molecule has 0 heterocycles. The van der Waals surface area contributed by atoms with Gasteiger partial charge in [0.15, 0.2) is 0 Å². The Morgan fingerprint density at radius 2 is 2.17 bits per heavy atom. The molecular weight excluding hydrogens is 170 g/mol. The van der Waals surface area contributed by atoms with E-state index in [-0.39, 0.29) is 6.04 Å². The molecular formula is C10H14ClN. The quantitative estimate of drug-likeness (QED) is 0.750. The summed E-state index contributed by atoms with van der Waals surface area (Å²) in [6, 6.07) is 6.09. The fourth-order valence-corrected chi connectivity index (χ4v) is 1.25. The van der Waals surface area contributed by atoms with Gasteiger partial charge in [-0.05, 0) is 30.5 Å². The third-order valence-corrected chi connectivity index (χ3v) is 2.47. The average Bonchev–Trinajstić information content (AvgIpc) is 2.08. The van der Waals surface area contributed by atoms with Gasteiger partial charge in [-0.1, -0.05) is 30.7 Å². The molecule has 0 spiro atoms. The number of halogens is 1. The first kappa shape index (κ1) is 9.56. The molecule has 0 aliphatic rings. The normalized spacial score (nSPS) is 13.0. The third-order valence-electron chi connectivity index (χ3n) is 2.05. The Kier molecular flexibility index (Phi) is 3.12. The smallest absolute Gasteiger partial charge is 0.0435 e. The Morgan fingerprint density at radius 1 is 1.50 bits per heavy atom. The number of hydrogen-bond acceptors (Lipinski definition) is 1. The van der Waals surface area contributed by atoms with Crippen molar-refractivity contribution in [3.05, 3.63) is 34.3 Å². The van der Waals surface area contributed by atoms with Crippen LogP contribution < -0.4 is 5.73 Å². The summed E-state index contributed by atoms with van der Waals surface area (Å²) in [5.74, 6) is 0. The monoisotopic (exact) mass is 183 g/mol. The van der Waals surface area contributed by atoms with E-state index in [1.165, 1.54) is 5.56 Å². The summed E-state index contributed by atoms with van der Waals surface area (Å²) >= 11 is 5.89. The molecule has 66 valence electrons. The summed E-state index contributed by atoms with van der Waals surface area (Å²) < 4.78 is 0.